The molecule has 1 atom stereocenters. The van der Waals surface area contributed by atoms with Crippen molar-refractivity contribution >= 4 is 11.6 Å². The molecular formula is C17H24ClNO2. The molecule has 1 aliphatic rings. The molecule has 21 heavy (non-hydrogen) atoms. The minimum Gasteiger partial charge on any atom is -0.493 e. The van der Waals surface area contributed by atoms with Gasteiger partial charge in [-0.05, 0) is 56.0 Å². The van der Waals surface area contributed by atoms with Gasteiger partial charge < -0.3 is 14.8 Å². The van der Waals surface area contributed by atoms with E-state index in [2.05, 4.69) is 24.4 Å². The Labute approximate surface area is 132 Å². The smallest absolute Gasteiger partial charge is 0.180 e. The summed E-state index contributed by atoms with van der Waals surface area (Å²) in [5.41, 5.74) is 1.11. The van der Waals surface area contributed by atoms with Crippen LogP contribution in [0, 0.1) is 0 Å². The molecule has 0 spiro atoms. The van der Waals surface area contributed by atoms with E-state index in [0.29, 0.717) is 16.5 Å². The van der Waals surface area contributed by atoms with Gasteiger partial charge in [0.15, 0.2) is 11.5 Å². The van der Waals surface area contributed by atoms with Crippen LogP contribution >= 0.6 is 11.6 Å². The van der Waals surface area contributed by atoms with Crippen LogP contribution in [-0.4, -0.2) is 19.8 Å². The van der Waals surface area contributed by atoms with E-state index in [9.17, 15) is 0 Å². The van der Waals surface area contributed by atoms with Crippen molar-refractivity contribution < 1.29 is 9.47 Å². The molecule has 0 aliphatic heterocycles. The second-order valence-electron chi connectivity index (χ2n) is 5.30. The number of methoxy groups -OCH3 is 1. The maximum Gasteiger partial charge on any atom is 0.180 e. The molecule has 1 aliphatic carbocycles. The molecule has 1 N–H and O–H groups in total. The van der Waals surface area contributed by atoms with Gasteiger partial charge >= 0.3 is 0 Å². The molecule has 1 aromatic carbocycles. The van der Waals surface area contributed by atoms with E-state index < -0.39 is 0 Å². The zero-order chi connectivity index (χ0) is 15.1. The lowest BCUT2D eigenvalue weighted by atomic mass is 10.1. The van der Waals surface area contributed by atoms with Gasteiger partial charge in [-0.1, -0.05) is 24.6 Å². The zero-order valence-corrected chi connectivity index (χ0v) is 13.6. The van der Waals surface area contributed by atoms with E-state index in [1.165, 1.54) is 0 Å². The third-order valence-corrected chi connectivity index (χ3v) is 3.81. The van der Waals surface area contributed by atoms with E-state index in [0.717, 1.165) is 44.3 Å². The molecule has 0 fully saturated rings. The Bertz CT molecular complexity index is 488. The van der Waals surface area contributed by atoms with Crippen molar-refractivity contribution in [2.45, 2.75) is 45.3 Å². The summed E-state index contributed by atoms with van der Waals surface area (Å²) < 4.78 is 11.5. The monoisotopic (exact) mass is 309 g/mol. The first-order chi connectivity index (χ1) is 10.2. The number of allylic oxidation sites excluding steroid dienone is 1. The second kappa shape index (κ2) is 8.30. The zero-order valence-electron chi connectivity index (χ0n) is 12.8. The van der Waals surface area contributed by atoms with Crippen molar-refractivity contribution in [3.63, 3.8) is 0 Å². The van der Waals surface area contributed by atoms with E-state index in [4.69, 9.17) is 21.1 Å². The van der Waals surface area contributed by atoms with Crippen molar-refractivity contribution in [1.29, 1.82) is 0 Å². The van der Waals surface area contributed by atoms with E-state index in [1.54, 1.807) is 7.11 Å². The second-order valence-corrected chi connectivity index (χ2v) is 5.71. The first-order valence-corrected chi connectivity index (χ1v) is 8.02. The van der Waals surface area contributed by atoms with Crippen LogP contribution in [0.4, 0.5) is 0 Å². The third kappa shape index (κ3) is 4.65. The van der Waals surface area contributed by atoms with Crippen molar-refractivity contribution in [2.24, 2.45) is 0 Å². The standard InChI is InChI=1S/C17H24ClNO2/c1-3-9-19-12-13-10-15(18)17(16(11-13)20-2)21-14-7-5-4-6-8-14/h5,7,10-11,14,19H,3-4,6,8-9,12H2,1-2H3. The normalized spacial score (nSPS) is 17.8. The van der Waals surface area contributed by atoms with Gasteiger partial charge in [0.2, 0.25) is 0 Å². The van der Waals surface area contributed by atoms with Gasteiger partial charge in [0, 0.05) is 6.54 Å². The third-order valence-electron chi connectivity index (χ3n) is 3.52. The van der Waals surface area contributed by atoms with Crippen LogP contribution in [0.2, 0.25) is 5.02 Å². The SMILES string of the molecule is CCCNCc1cc(Cl)c(OC2C=CCCC2)c(OC)c1. The molecule has 0 bridgehead atoms. The largest absolute Gasteiger partial charge is 0.493 e. The van der Waals surface area contributed by atoms with Gasteiger partial charge in [-0.25, -0.2) is 0 Å². The van der Waals surface area contributed by atoms with Gasteiger partial charge in [0.05, 0.1) is 12.1 Å². The average molecular weight is 310 g/mol. The highest BCUT2D eigenvalue weighted by Gasteiger charge is 2.17. The van der Waals surface area contributed by atoms with Crippen molar-refractivity contribution in [2.75, 3.05) is 13.7 Å². The lowest BCUT2D eigenvalue weighted by Crippen LogP contribution is -2.17. The lowest BCUT2D eigenvalue weighted by molar-refractivity contribution is 0.219. The maximum absolute atomic E-state index is 6.39. The van der Waals surface area contributed by atoms with E-state index in [1.807, 2.05) is 12.1 Å². The summed E-state index contributed by atoms with van der Waals surface area (Å²) >= 11 is 6.39. The van der Waals surface area contributed by atoms with Gasteiger partial charge in [-0.3, -0.25) is 0 Å². The molecular weight excluding hydrogens is 286 g/mol. The molecule has 1 unspecified atom stereocenters. The van der Waals surface area contributed by atoms with Gasteiger partial charge in [0.25, 0.3) is 0 Å². The predicted molar refractivity (Wildman–Crippen MR) is 87.4 cm³/mol. The Hall–Kier alpha value is -1.19. The molecule has 3 nitrogen and oxygen atoms in total. The lowest BCUT2D eigenvalue weighted by Gasteiger charge is -2.21. The fourth-order valence-electron chi connectivity index (χ4n) is 2.43. The van der Waals surface area contributed by atoms with Crippen LogP contribution in [0.1, 0.15) is 38.2 Å². The molecule has 0 radical (unpaired) electrons. The van der Waals surface area contributed by atoms with Crippen molar-refractivity contribution in [3.8, 4) is 11.5 Å². The Morgan fingerprint density at radius 2 is 2.24 bits per heavy atom. The minimum absolute atomic E-state index is 0.0919. The van der Waals surface area contributed by atoms with Crippen LogP contribution < -0.4 is 14.8 Å². The predicted octanol–water partition coefficient (Wildman–Crippen LogP) is 4.34. The number of halogens is 1. The summed E-state index contributed by atoms with van der Waals surface area (Å²) in [6.07, 6.45) is 8.78. The first kappa shape index (κ1) is 16.2. The molecule has 116 valence electrons. The highest BCUT2D eigenvalue weighted by atomic mass is 35.5. The fourth-order valence-corrected chi connectivity index (χ4v) is 2.71. The topological polar surface area (TPSA) is 30.5 Å². The van der Waals surface area contributed by atoms with E-state index in [-0.39, 0.29) is 6.10 Å². The molecule has 0 amide bonds. The number of nitrogens with one attached hydrogen (secondary N) is 1. The number of hydrogen-bond acceptors (Lipinski definition) is 3. The molecule has 0 saturated carbocycles. The molecule has 0 saturated heterocycles. The Balaban J connectivity index is 2.12. The van der Waals surface area contributed by atoms with Crippen LogP contribution in [-0.2, 0) is 6.54 Å². The molecule has 0 aromatic heterocycles. The van der Waals surface area contributed by atoms with Gasteiger partial charge in [0.1, 0.15) is 6.10 Å². The Morgan fingerprint density at radius 1 is 1.38 bits per heavy atom. The number of rotatable bonds is 7. The summed E-state index contributed by atoms with van der Waals surface area (Å²) in [7, 11) is 1.65. The number of hydrogen-bond donors (Lipinski definition) is 1. The highest BCUT2D eigenvalue weighted by molar-refractivity contribution is 6.32. The Morgan fingerprint density at radius 3 is 2.90 bits per heavy atom. The molecule has 4 heteroatoms. The fraction of sp³-hybridized carbons (Fsp3) is 0.529. The summed E-state index contributed by atoms with van der Waals surface area (Å²) in [6, 6.07) is 3.95. The highest BCUT2D eigenvalue weighted by Crippen LogP contribution is 2.38. The molecule has 1 aromatic rings. The summed E-state index contributed by atoms with van der Waals surface area (Å²) in [4.78, 5) is 0. The molecule has 0 heterocycles. The summed E-state index contributed by atoms with van der Waals surface area (Å²) in [5, 5.41) is 3.98. The number of benzene rings is 1. The Kier molecular flexibility index (Phi) is 6.40. The number of ether oxygens (including phenoxy) is 2. The minimum atomic E-state index is 0.0919. The van der Waals surface area contributed by atoms with Gasteiger partial charge in [-0.15, -0.1) is 0 Å². The van der Waals surface area contributed by atoms with Crippen molar-refractivity contribution in [3.05, 3.63) is 34.9 Å². The van der Waals surface area contributed by atoms with Crippen molar-refractivity contribution in [1.82, 2.24) is 5.32 Å². The summed E-state index contributed by atoms with van der Waals surface area (Å²) in [5.74, 6) is 1.35. The van der Waals surface area contributed by atoms with E-state index >= 15 is 0 Å². The van der Waals surface area contributed by atoms with Crippen LogP contribution in [0.15, 0.2) is 24.3 Å². The van der Waals surface area contributed by atoms with Crippen LogP contribution in [0.25, 0.3) is 0 Å². The quantitative estimate of drug-likeness (QED) is 0.600. The molecule has 2 rings (SSSR count). The first-order valence-electron chi connectivity index (χ1n) is 7.65. The van der Waals surface area contributed by atoms with Gasteiger partial charge in [-0.2, -0.15) is 0 Å². The van der Waals surface area contributed by atoms with Crippen LogP contribution in [0.3, 0.4) is 0 Å². The average Bonchev–Trinajstić information content (AvgIpc) is 2.51. The van der Waals surface area contributed by atoms with Crippen LogP contribution in [0.5, 0.6) is 11.5 Å². The maximum atomic E-state index is 6.39. The summed E-state index contributed by atoms with van der Waals surface area (Å²) in [6.45, 7) is 3.92.